The van der Waals surface area contributed by atoms with Gasteiger partial charge in [-0.15, -0.1) is 12.3 Å². The lowest BCUT2D eigenvalue weighted by Gasteiger charge is -1.96. The SMILES string of the molecule is C#CCCn1nc(C)c(-c2ccc(F)cc2)n1. The number of terminal acetylenes is 1. The first-order valence-electron chi connectivity index (χ1n) is 5.32. The highest BCUT2D eigenvalue weighted by Crippen LogP contribution is 2.19. The predicted molar refractivity (Wildman–Crippen MR) is 63.6 cm³/mol. The van der Waals surface area contributed by atoms with Crippen molar-refractivity contribution in [1.82, 2.24) is 15.0 Å². The molecule has 0 bridgehead atoms. The average molecular weight is 229 g/mol. The minimum absolute atomic E-state index is 0.258. The Kier molecular flexibility index (Phi) is 3.20. The fraction of sp³-hybridized carbons (Fsp3) is 0.231. The Morgan fingerprint density at radius 3 is 2.65 bits per heavy atom. The highest BCUT2D eigenvalue weighted by Gasteiger charge is 2.08. The van der Waals surface area contributed by atoms with Crippen LogP contribution in [0.25, 0.3) is 11.3 Å². The van der Waals surface area contributed by atoms with Crippen LogP contribution in [0.15, 0.2) is 24.3 Å². The van der Waals surface area contributed by atoms with Crippen molar-refractivity contribution < 1.29 is 4.39 Å². The molecule has 0 N–H and O–H groups in total. The summed E-state index contributed by atoms with van der Waals surface area (Å²) in [6.07, 6.45) is 5.78. The number of aryl methyl sites for hydroxylation is 2. The van der Waals surface area contributed by atoms with Crippen molar-refractivity contribution in [1.29, 1.82) is 0 Å². The summed E-state index contributed by atoms with van der Waals surface area (Å²) in [5.41, 5.74) is 2.44. The van der Waals surface area contributed by atoms with Crippen LogP contribution in [0.2, 0.25) is 0 Å². The van der Waals surface area contributed by atoms with Gasteiger partial charge in [-0.2, -0.15) is 15.0 Å². The minimum Gasteiger partial charge on any atom is -0.207 e. The first kappa shape index (κ1) is 11.3. The number of hydrogen-bond donors (Lipinski definition) is 0. The van der Waals surface area contributed by atoms with Gasteiger partial charge in [0.05, 0.1) is 12.2 Å². The van der Waals surface area contributed by atoms with E-state index in [0.717, 1.165) is 17.0 Å². The highest BCUT2D eigenvalue weighted by atomic mass is 19.1. The summed E-state index contributed by atoms with van der Waals surface area (Å²) in [6.45, 7) is 2.47. The lowest BCUT2D eigenvalue weighted by molar-refractivity contribution is 0.546. The molecule has 0 spiro atoms. The average Bonchev–Trinajstić information content (AvgIpc) is 2.69. The summed E-state index contributed by atoms with van der Waals surface area (Å²) in [7, 11) is 0. The molecule has 3 nitrogen and oxygen atoms in total. The topological polar surface area (TPSA) is 30.7 Å². The van der Waals surface area contributed by atoms with Gasteiger partial charge in [0, 0.05) is 12.0 Å². The summed E-state index contributed by atoms with van der Waals surface area (Å²) >= 11 is 0. The molecule has 1 heterocycles. The smallest absolute Gasteiger partial charge is 0.123 e. The summed E-state index contributed by atoms with van der Waals surface area (Å²) in [6, 6.07) is 6.21. The molecule has 1 aromatic heterocycles. The number of aromatic nitrogens is 3. The van der Waals surface area contributed by atoms with E-state index in [1.54, 1.807) is 16.9 Å². The zero-order valence-corrected chi connectivity index (χ0v) is 9.52. The van der Waals surface area contributed by atoms with Crippen LogP contribution >= 0.6 is 0 Å². The van der Waals surface area contributed by atoms with Crippen LogP contribution in [-0.2, 0) is 6.54 Å². The molecule has 0 radical (unpaired) electrons. The molecule has 0 aliphatic heterocycles. The molecule has 0 amide bonds. The number of benzene rings is 1. The molecule has 2 rings (SSSR count). The van der Waals surface area contributed by atoms with Crippen molar-refractivity contribution in [2.75, 3.05) is 0 Å². The van der Waals surface area contributed by atoms with E-state index < -0.39 is 0 Å². The third kappa shape index (κ3) is 2.51. The van der Waals surface area contributed by atoms with Crippen molar-refractivity contribution in [3.05, 3.63) is 35.8 Å². The van der Waals surface area contributed by atoms with Crippen LogP contribution in [0.3, 0.4) is 0 Å². The van der Waals surface area contributed by atoms with Gasteiger partial charge >= 0.3 is 0 Å². The van der Waals surface area contributed by atoms with E-state index in [0.29, 0.717) is 13.0 Å². The Morgan fingerprint density at radius 2 is 2.00 bits per heavy atom. The van der Waals surface area contributed by atoms with E-state index in [2.05, 4.69) is 16.1 Å². The normalized spacial score (nSPS) is 10.2. The van der Waals surface area contributed by atoms with Crippen molar-refractivity contribution in [3.8, 4) is 23.6 Å². The molecule has 0 unspecified atom stereocenters. The lowest BCUT2D eigenvalue weighted by Crippen LogP contribution is -2.01. The van der Waals surface area contributed by atoms with Gasteiger partial charge in [-0.25, -0.2) is 4.39 Å². The van der Waals surface area contributed by atoms with Gasteiger partial charge in [-0.05, 0) is 31.2 Å². The minimum atomic E-state index is -0.258. The van der Waals surface area contributed by atoms with Gasteiger partial charge in [0.25, 0.3) is 0 Å². The van der Waals surface area contributed by atoms with Gasteiger partial charge in [0.1, 0.15) is 11.5 Å². The number of halogens is 1. The van der Waals surface area contributed by atoms with E-state index >= 15 is 0 Å². The molecule has 0 aliphatic carbocycles. The van der Waals surface area contributed by atoms with Gasteiger partial charge in [0.2, 0.25) is 0 Å². The maximum absolute atomic E-state index is 12.8. The molecule has 17 heavy (non-hydrogen) atoms. The molecule has 2 aromatic rings. The molecule has 4 heteroatoms. The van der Waals surface area contributed by atoms with E-state index in [1.165, 1.54) is 12.1 Å². The highest BCUT2D eigenvalue weighted by molar-refractivity contribution is 5.60. The third-order valence-corrected chi connectivity index (χ3v) is 2.40. The Balaban J connectivity index is 2.30. The largest absolute Gasteiger partial charge is 0.207 e. The molecule has 0 fully saturated rings. The molecular weight excluding hydrogens is 217 g/mol. The maximum atomic E-state index is 12.8. The van der Waals surface area contributed by atoms with E-state index in [-0.39, 0.29) is 5.82 Å². The van der Waals surface area contributed by atoms with Crippen molar-refractivity contribution in [2.45, 2.75) is 19.9 Å². The monoisotopic (exact) mass is 229 g/mol. The van der Waals surface area contributed by atoms with Crippen molar-refractivity contribution >= 4 is 0 Å². The quantitative estimate of drug-likeness (QED) is 0.757. The molecule has 1 aromatic carbocycles. The van der Waals surface area contributed by atoms with Crippen LogP contribution in [0.4, 0.5) is 4.39 Å². The second-order valence-corrected chi connectivity index (χ2v) is 3.69. The number of hydrogen-bond acceptors (Lipinski definition) is 2. The van der Waals surface area contributed by atoms with Gasteiger partial charge in [0.15, 0.2) is 0 Å². The summed E-state index contributed by atoms with van der Waals surface area (Å²) in [5.74, 6) is 2.28. The van der Waals surface area contributed by atoms with E-state index in [9.17, 15) is 4.39 Å². The summed E-state index contributed by atoms with van der Waals surface area (Å²) < 4.78 is 12.8. The Hall–Kier alpha value is -2.15. The van der Waals surface area contributed by atoms with Crippen LogP contribution in [0.5, 0.6) is 0 Å². The molecule has 86 valence electrons. The first-order valence-corrected chi connectivity index (χ1v) is 5.32. The maximum Gasteiger partial charge on any atom is 0.123 e. The Morgan fingerprint density at radius 1 is 1.29 bits per heavy atom. The molecular formula is C13H12FN3. The van der Waals surface area contributed by atoms with Crippen LogP contribution in [0, 0.1) is 25.1 Å². The Bertz CT molecular complexity index is 549. The standard InChI is InChI=1S/C13H12FN3/c1-3-4-9-17-15-10(2)13(16-17)11-5-7-12(14)8-6-11/h1,5-8H,4,9H2,2H3. The Labute approximate surface area is 99.3 Å². The van der Waals surface area contributed by atoms with Gasteiger partial charge in [-0.1, -0.05) is 0 Å². The summed E-state index contributed by atoms with van der Waals surface area (Å²) in [5, 5.41) is 8.60. The lowest BCUT2D eigenvalue weighted by atomic mass is 10.1. The van der Waals surface area contributed by atoms with Gasteiger partial charge in [-0.3, -0.25) is 0 Å². The number of nitrogens with zero attached hydrogens (tertiary/aromatic N) is 3. The zero-order chi connectivity index (χ0) is 12.3. The van der Waals surface area contributed by atoms with Crippen LogP contribution in [-0.4, -0.2) is 15.0 Å². The van der Waals surface area contributed by atoms with Crippen LogP contribution in [0.1, 0.15) is 12.1 Å². The third-order valence-electron chi connectivity index (χ3n) is 2.40. The fourth-order valence-corrected chi connectivity index (χ4v) is 1.57. The zero-order valence-electron chi connectivity index (χ0n) is 9.52. The van der Waals surface area contributed by atoms with Gasteiger partial charge < -0.3 is 0 Å². The molecule has 0 atom stereocenters. The van der Waals surface area contributed by atoms with E-state index in [1.807, 2.05) is 6.92 Å². The number of rotatable bonds is 3. The molecule has 0 saturated carbocycles. The van der Waals surface area contributed by atoms with Crippen LogP contribution < -0.4 is 0 Å². The molecule has 0 aliphatic rings. The predicted octanol–water partition coefficient (Wildman–Crippen LogP) is 2.42. The summed E-state index contributed by atoms with van der Waals surface area (Å²) in [4.78, 5) is 1.58. The van der Waals surface area contributed by atoms with E-state index in [4.69, 9.17) is 6.42 Å². The van der Waals surface area contributed by atoms with Crippen molar-refractivity contribution in [2.24, 2.45) is 0 Å². The second-order valence-electron chi connectivity index (χ2n) is 3.69. The first-order chi connectivity index (χ1) is 8.20. The second kappa shape index (κ2) is 4.79. The fourth-order valence-electron chi connectivity index (χ4n) is 1.57. The van der Waals surface area contributed by atoms with Crippen molar-refractivity contribution in [3.63, 3.8) is 0 Å². The molecule has 0 saturated heterocycles.